The Balaban J connectivity index is 1.92. The van der Waals surface area contributed by atoms with E-state index >= 15 is 0 Å². The van der Waals surface area contributed by atoms with Crippen LogP contribution in [0.25, 0.3) is 5.70 Å². The maximum absolute atomic E-state index is 5.79. The predicted octanol–water partition coefficient (Wildman–Crippen LogP) is 1.53. The molecule has 5 heteroatoms. The molecule has 1 aromatic heterocycles. The van der Waals surface area contributed by atoms with Crippen LogP contribution in [0.1, 0.15) is 5.56 Å². The average molecular weight is 240 g/mol. The third-order valence-corrected chi connectivity index (χ3v) is 3.45. The van der Waals surface area contributed by atoms with Gasteiger partial charge in [-0.3, -0.25) is 0 Å². The van der Waals surface area contributed by atoms with E-state index in [1.54, 1.807) is 6.33 Å². The van der Waals surface area contributed by atoms with E-state index in [1.807, 2.05) is 29.9 Å². The zero-order chi connectivity index (χ0) is 12.1. The maximum Gasteiger partial charge on any atom is 0.228 e. The summed E-state index contributed by atoms with van der Waals surface area (Å²) < 4.78 is 7.69. The van der Waals surface area contributed by atoms with Gasteiger partial charge in [-0.15, -0.1) is 0 Å². The maximum atomic E-state index is 5.79. The summed E-state index contributed by atoms with van der Waals surface area (Å²) in [5.74, 6) is 1.82. The molecular weight excluding hydrogens is 228 g/mol. The molecule has 0 fully saturated rings. The lowest BCUT2D eigenvalue weighted by molar-refractivity contribution is 0.334. The molecule has 2 aliphatic heterocycles. The van der Waals surface area contributed by atoms with E-state index in [9.17, 15) is 0 Å². The number of benzene rings is 1. The second kappa shape index (κ2) is 3.35. The molecule has 0 spiro atoms. The zero-order valence-corrected chi connectivity index (χ0v) is 10.00. The number of fused-ring (bicyclic) bond motifs is 3. The number of hydrogen-bond donors (Lipinski definition) is 0. The Bertz CT molecular complexity index is 659. The second-order valence-corrected chi connectivity index (χ2v) is 4.51. The Morgan fingerprint density at radius 2 is 2.17 bits per heavy atom. The molecule has 0 radical (unpaired) electrons. The summed E-state index contributed by atoms with van der Waals surface area (Å²) in [5, 5.41) is 4.23. The van der Waals surface area contributed by atoms with E-state index in [1.165, 1.54) is 11.3 Å². The predicted molar refractivity (Wildman–Crippen MR) is 67.3 cm³/mol. The Labute approximate surface area is 104 Å². The van der Waals surface area contributed by atoms with Crippen LogP contribution in [0.2, 0.25) is 0 Å². The summed E-state index contributed by atoms with van der Waals surface area (Å²) in [6.45, 7) is 1.37. The number of anilines is 1. The van der Waals surface area contributed by atoms with Crippen molar-refractivity contribution in [2.45, 2.75) is 6.54 Å². The molecular formula is C13H12N4O. The molecule has 2 aliphatic rings. The fourth-order valence-corrected chi connectivity index (χ4v) is 2.66. The van der Waals surface area contributed by atoms with Gasteiger partial charge in [-0.05, 0) is 12.1 Å². The quantitative estimate of drug-likeness (QED) is 0.700. The molecule has 0 saturated heterocycles. The Kier molecular flexibility index (Phi) is 1.81. The van der Waals surface area contributed by atoms with Crippen molar-refractivity contribution in [2.75, 3.05) is 18.6 Å². The lowest BCUT2D eigenvalue weighted by Crippen LogP contribution is -2.31. The fourth-order valence-electron chi connectivity index (χ4n) is 2.66. The van der Waals surface area contributed by atoms with Gasteiger partial charge in [0.1, 0.15) is 18.7 Å². The molecule has 2 aromatic rings. The Hall–Kier alpha value is -2.30. The summed E-state index contributed by atoms with van der Waals surface area (Å²) >= 11 is 0. The van der Waals surface area contributed by atoms with Crippen molar-refractivity contribution in [3.8, 4) is 5.75 Å². The first-order valence-corrected chi connectivity index (χ1v) is 5.90. The van der Waals surface area contributed by atoms with Crippen molar-refractivity contribution in [3.05, 3.63) is 41.7 Å². The van der Waals surface area contributed by atoms with Gasteiger partial charge in [0.2, 0.25) is 5.95 Å². The Morgan fingerprint density at radius 1 is 1.28 bits per heavy atom. The van der Waals surface area contributed by atoms with E-state index in [4.69, 9.17) is 4.74 Å². The lowest BCUT2D eigenvalue weighted by Gasteiger charge is -2.33. The van der Waals surface area contributed by atoms with Crippen molar-refractivity contribution in [3.63, 3.8) is 0 Å². The van der Waals surface area contributed by atoms with E-state index in [0.717, 1.165) is 23.8 Å². The summed E-state index contributed by atoms with van der Waals surface area (Å²) in [5.41, 5.74) is 3.59. The largest absolute Gasteiger partial charge is 0.488 e. The molecule has 4 rings (SSSR count). The van der Waals surface area contributed by atoms with Crippen molar-refractivity contribution < 1.29 is 4.74 Å². The molecule has 0 atom stereocenters. The van der Waals surface area contributed by atoms with Crippen LogP contribution in [0.3, 0.4) is 0 Å². The van der Waals surface area contributed by atoms with E-state index < -0.39 is 0 Å². The van der Waals surface area contributed by atoms with Gasteiger partial charge in [-0.2, -0.15) is 10.1 Å². The monoisotopic (exact) mass is 240 g/mol. The van der Waals surface area contributed by atoms with Crippen molar-refractivity contribution in [1.29, 1.82) is 0 Å². The normalized spacial score (nSPS) is 16.8. The highest BCUT2D eigenvalue weighted by Gasteiger charge is 2.29. The van der Waals surface area contributed by atoms with Gasteiger partial charge in [-0.25, -0.2) is 4.68 Å². The lowest BCUT2D eigenvalue weighted by atomic mass is 10.0. The zero-order valence-electron chi connectivity index (χ0n) is 10.00. The number of hydrogen-bond acceptors (Lipinski definition) is 4. The smallest absolute Gasteiger partial charge is 0.228 e. The third-order valence-electron chi connectivity index (χ3n) is 3.45. The summed E-state index contributed by atoms with van der Waals surface area (Å²) in [4.78, 5) is 6.39. The second-order valence-electron chi connectivity index (χ2n) is 4.51. The van der Waals surface area contributed by atoms with Gasteiger partial charge in [-0.1, -0.05) is 12.1 Å². The van der Waals surface area contributed by atoms with Crippen LogP contribution in [0.5, 0.6) is 5.75 Å². The van der Waals surface area contributed by atoms with Crippen LogP contribution < -0.4 is 9.64 Å². The number of rotatable bonds is 0. The molecule has 3 heterocycles. The Morgan fingerprint density at radius 3 is 3.11 bits per heavy atom. The minimum absolute atomic E-state index is 0.621. The topological polar surface area (TPSA) is 43.2 Å². The SMILES string of the molecule is CN1C2=C(COc3ccccc32)Cn2ncnc21. The molecule has 0 N–H and O–H groups in total. The minimum Gasteiger partial charge on any atom is -0.488 e. The molecule has 18 heavy (non-hydrogen) atoms. The van der Waals surface area contributed by atoms with Gasteiger partial charge in [0.25, 0.3) is 0 Å². The molecule has 1 aromatic carbocycles. The van der Waals surface area contributed by atoms with Gasteiger partial charge in [0.05, 0.1) is 12.2 Å². The van der Waals surface area contributed by atoms with Gasteiger partial charge in [0.15, 0.2) is 0 Å². The summed E-state index contributed by atoms with van der Waals surface area (Å²) in [6, 6.07) is 8.12. The van der Waals surface area contributed by atoms with Gasteiger partial charge >= 0.3 is 0 Å². The van der Waals surface area contributed by atoms with Crippen LogP contribution in [0, 0.1) is 0 Å². The molecule has 90 valence electrons. The number of para-hydroxylation sites is 1. The standard InChI is InChI=1S/C13H12N4O/c1-16-12-9(6-17-13(16)14-8-15-17)7-18-11-5-3-2-4-10(11)12/h2-5,8H,6-7H2,1H3. The first-order valence-electron chi connectivity index (χ1n) is 5.90. The number of ether oxygens (including phenoxy) is 1. The van der Waals surface area contributed by atoms with Crippen LogP contribution in [-0.4, -0.2) is 28.4 Å². The van der Waals surface area contributed by atoms with E-state index in [-0.39, 0.29) is 0 Å². The van der Waals surface area contributed by atoms with Crippen LogP contribution in [0.4, 0.5) is 5.95 Å². The molecule has 5 nitrogen and oxygen atoms in total. The average Bonchev–Trinajstić information content (AvgIpc) is 2.87. The highest BCUT2D eigenvalue weighted by molar-refractivity contribution is 5.84. The number of nitrogens with zero attached hydrogens (tertiary/aromatic N) is 4. The first kappa shape index (κ1) is 9.70. The molecule has 0 unspecified atom stereocenters. The van der Waals surface area contributed by atoms with Crippen molar-refractivity contribution in [2.24, 2.45) is 0 Å². The molecule has 0 bridgehead atoms. The first-order chi connectivity index (χ1) is 8.84. The highest BCUT2D eigenvalue weighted by atomic mass is 16.5. The van der Waals surface area contributed by atoms with Crippen LogP contribution in [-0.2, 0) is 6.54 Å². The summed E-state index contributed by atoms with van der Waals surface area (Å²) in [6.07, 6.45) is 1.59. The van der Waals surface area contributed by atoms with Gasteiger partial charge in [0, 0.05) is 18.2 Å². The van der Waals surface area contributed by atoms with Gasteiger partial charge < -0.3 is 9.64 Å². The van der Waals surface area contributed by atoms with Crippen molar-refractivity contribution in [1.82, 2.24) is 14.8 Å². The van der Waals surface area contributed by atoms with E-state index in [0.29, 0.717) is 6.61 Å². The highest BCUT2D eigenvalue weighted by Crippen LogP contribution is 2.38. The minimum atomic E-state index is 0.621. The number of aromatic nitrogens is 3. The van der Waals surface area contributed by atoms with Crippen molar-refractivity contribution >= 4 is 11.6 Å². The van der Waals surface area contributed by atoms with E-state index in [2.05, 4.69) is 21.0 Å². The molecule has 0 saturated carbocycles. The third kappa shape index (κ3) is 1.16. The molecule has 0 amide bonds. The fraction of sp³-hybridized carbons (Fsp3) is 0.231. The van der Waals surface area contributed by atoms with Crippen LogP contribution in [0.15, 0.2) is 36.2 Å². The summed E-state index contributed by atoms with van der Waals surface area (Å²) in [7, 11) is 2.02. The van der Waals surface area contributed by atoms with Crippen LogP contribution >= 0.6 is 0 Å². The molecule has 0 aliphatic carbocycles.